The topological polar surface area (TPSA) is 29.5 Å². The molecule has 0 radical (unpaired) electrons. The van der Waals surface area contributed by atoms with E-state index in [2.05, 4.69) is 6.58 Å². The van der Waals surface area contributed by atoms with Crippen LogP contribution in [0, 0.1) is 6.92 Å². The van der Waals surface area contributed by atoms with Gasteiger partial charge >= 0.3 is 0 Å². The number of rotatable bonds is 5. The van der Waals surface area contributed by atoms with Gasteiger partial charge in [0.2, 0.25) is 0 Å². The summed E-state index contributed by atoms with van der Waals surface area (Å²) in [6.45, 7) is 7.67. The van der Waals surface area contributed by atoms with Crippen molar-refractivity contribution in [2.75, 3.05) is 0 Å². The van der Waals surface area contributed by atoms with Gasteiger partial charge in [0, 0.05) is 12.0 Å². The van der Waals surface area contributed by atoms with Crippen LogP contribution in [0.25, 0.3) is 0 Å². The first kappa shape index (κ1) is 11.8. The van der Waals surface area contributed by atoms with Crippen LogP contribution in [0.3, 0.4) is 0 Å². The van der Waals surface area contributed by atoms with Gasteiger partial charge in [0.1, 0.15) is 5.75 Å². The summed E-state index contributed by atoms with van der Waals surface area (Å²) in [4.78, 5) is 0. The zero-order valence-electron chi connectivity index (χ0n) is 9.36. The van der Waals surface area contributed by atoms with E-state index in [1.54, 1.807) is 0 Å². The predicted molar refractivity (Wildman–Crippen MR) is 62.0 cm³/mol. The summed E-state index contributed by atoms with van der Waals surface area (Å²) < 4.78 is 5.70. The fraction of sp³-hybridized carbons (Fsp3) is 0.385. The van der Waals surface area contributed by atoms with Crippen LogP contribution in [-0.4, -0.2) is 11.2 Å². The molecule has 0 amide bonds. The van der Waals surface area contributed by atoms with Crippen LogP contribution in [0.2, 0.25) is 0 Å². The van der Waals surface area contributed by atoms with E-state index in [1.807, 2.05) is 38.1 Å². The van der Waals surface area contributed by atoms with Crippen molar-refractivity contribution in [3.8, 4) is 5.75 Å². The summed E-state index contributed by atoms with van der Waals surface area (Å²) in [5.74, 6) is 0.762. The third kappa shape index (κ3) is 3.40. The second-order valence-electron chi connectivity index (χ2n) is 3.72. The van der Waals surface area contributed by atoms with E-state index in [-0.39, 0.29) is 12.7 Å². The lowest BCUT2D eigenvalue weighted by Crippen LogP contribution is -2.11. The predicted octanol–water partition coefficient (Wildman–Crippen LogP) is 2.83. The Labute approximate surface area is 91.2 Å². The zero-order chi connectivity index (χ0) is 11.3. The van der Waals surface area contributed by atoms with Gasteiger partial charge in [-0.1, -0.05) is 23.8 Å². The van der Waals surface area contributed by atoms with Gasteiger partial charge in [-0.2, -0.15) is 0 Å². The van der Waals surface area contributed by atoms with Gasteiger partial charge in [-0.25, -0.2) is 0 Å². The third-order valence-electron chi connectivity index (χ3n) is 2.21. The van der Waals surface area contributed by atoms with E-state index in [0.29, 0.717) is 0 Å². The molecule has 15 heavy (non-hydrogen) atoms. The molecule has 1 aromatic carbocycles. The highest BCUT2D eigenvalue weighted by molar-refractivity contribution is 5.36. The number of hydrogen-bond acceptors (Lipinski definition) is 2. The lowest BCUT2D eigenvalue weighted by molar-refractivity contribution is 0.212. The molecule has 0 aromatic heterocycles. The van der Waals surface area contributed by atoms with E-state index < -0.39 is 0 Å². The van der Waals surface area contributed by atoms with Crippen LogP contribution >= 0.6 is 0 Å². The Balaban J connectivity index is 2.79. The summed E-state index contributed by atoms with van der Waals surface area (Å²) in [5, 5.41) is 9.19. The van der Waals surface area contributed by atoms with E-state index in [0.717, 1.165) is 23.3 Å². The maximum absolute atomic E-state index is 9.19. The highest BCUT2D eigenvalue weighted by Crippen LogP contribution is 2.21. The largest absolute Gasteiger partial charge is 0.490 e. The molecule has 0 unspecified atom stereocenters. The molecule has 0 aliphatic heterocycles. The van der Waals surface area contributed by atoms with Gasteiger partial charge in [0.15, 0.2) is 0 Å². The molecule has 0 saturated carbocycles. The van der Waals surface area contributed by atoms with Gasteiger partial charge in [-0.15, -0.1) is 6.58 Å². The van der Waals surface area contributed by atoms with Crippen LogP contribution < -0.4 is 4.74 Å². The monoisotopic (exact) mass is 206 g/mol. The Morgan fingerprint density at radius 1 is 1.53 bits per heavy atom. The zero-order valence-corrected chi connectivity index (χ0v) is 9.36. The van der Waals surface area contributed by atoms with Crippen molar-refractivity contribution in [2.45, 2.75) is 33.0 Å². The van der Waals surface area contributed by atoms with Crippen LogP contribution in [0.5, 0.6) is 5.75 Å². The molecule has 2 heteroatoms. The Morgan fingerprint density at radius 3 is 2.87 bits per heavy atom. The molecule has 82 valence electrons. The quantitative estimate of drug-likeness (QED) is 0.751. The first-order valence-electron chi connectivity index (χ1n) is 5.15. The maximum atomic E-state index is 9.19. The van der Waals surface area contributed by atoms with E-state index in [4.69, 9.17) is 4.74 Å². The van der Waals surface area contributed by atoms with Gasteiger partial charge in [-0.3, -0.25) is 0 Å². The number of aliphatic hydroxyl groups is 1. The first-order chi connectivity index (χ1) is 7.17. The molecular formula is C13H18O2. The van der Waals surface area contributed by atoms with Crippen molar-refractivity contribution in [3.05, 3.63) is 42.0 Å². The summed E-state index contributed by atoms with van der Waals surface area (Å²) in [6.07, 6.45) is 2.73. The molecule has 0 aliphatic carbocycles. The molecule has 0 fully saturated rings. The van der Waals surface area contributed by atoms with Crippen molar-refractivity contribution >= 4 is 0 Å². The lowest BCUT2D eigenvalue weighted by Gasteiger charge is -2.15. The van der Waals surface area contributed by atoms with Crippen LogP contribution in [0.1, 0.15) is 24.5 Å². The molecule has 1 atom stereocenters. The molecule has 0 bridgehead atoms. The molecule has 1 rings (SSSR count). The number of hydrogen-bond donors (Lipinski definition) is 1. The summed E-state index contributed by atoms with van der Waals surface area (Å²) >= 11 is 0. The number of ether oxygens (including phenoxy) is 1. The van der Waals surface area contributed by atoms with Crippen molar-refractivity contribution in [1.29, 1.82) is 0 Å². The van der Waals surface area contributed by atoms with Gasteiger partial charge < -0.3 is 9.84 Å². The van der Waals surface area contributed by atoms with Crippen molar-refractivity contribution < 1.29 is 9.84 Å². The Bertz CT molecular complexity index is 331. The van der Waals surface area contributed by atoms with Crippen molar-refractivity contribution in [1.82, 2.24) is 0 Å². The molecule has 0 heterocycles. The molecule has 1 N–H and O–H groups in total. The SMILES string of the molecule is C=CC[C@H](C)Oc1ccc(C)cc1CO. The highest BCUT2D eigenvalue weighted by atomic mass is 16.5. The number of benzene rings is 1. The first-order valence-corrected chi connectivity index (χ1v) is 5.15. The third-order valence-corrected chi connectivity index (χ3v) is 2.21. The average molecular weight is 206 g/mol. The van der Waals surface area contributed by atoms with Gasteiger partial charge in [-0.05, 0) is 19.9 Å². The molecule has 0 aliphatic rings. The Hall–Kier alpha value is -1.28. The Morgan fingerprint density at radius 2 is 2.27 bits per heavy atom. The standard InChI is InChI=1S/C13H18O2/c1-4-5-11(3)15-13-7-6-10(2)8-12(13)9-14/h4,6-8,11,14H,1,5,9H2,2-3H3/t11-/m0/s1. The van der Waals surface area contributed by atoms with Crippen molar-refractivity contribution in [2.24, 2.45) is 0 Å². The highest BCUT2D eigenvalue weighted by Gasteiger charge is 2.06. The summed E-state index contributed by atoms with van der Waals surface area (Å²) in [6, 6.07) is 5.82. The van der Waals surface area contributed by atoms with Gasteiger partial charge in [0.25, 0.3) is 0 Å². The average Bonchev–Trinajstić information content (AvgIpc) is 2.21. The summed E-state index contributed by atoms with van der Waals surface area (Å²) in [7, 11) is 0. The second kappa shape index (κ2) is 5.56. The minimum atomic E-state index is 0.0117. The van der Waals surface area contributed by atoms with Crippen LogP contribution in [0.15, 0.2) is 30.9 Å². The summed E-state index contributed by atoms with van der Waals surface area (Å²) in [5.41, 5.74) is 1.97. The number of aryl methyl sites for hydroxylation is 1. The number of aliphatic hydroxyl groups excluding tert-OH is 1. The second-order valence-corrected chi connectivity index (χ2v) is 3.72. The smallest absolute Gasteiger partial charge is 0.125 e. The molecular weight excluding hydrogens is 188 g/mol. The lowest BCUT2D eigenvalue weighted by atomic mass is 10.1. The molecule has 0 saturated heterocycles. The molecule has 1 aromatic rings. The minimum absolute atomic E-state index is 0.0117. The molecule has 2 nitrogen and oxygen atoms in total. The van der Waals surface area contributed by atoms with E-state index in [1.165, 1.54) is 0 Å². The Kier molecular flexibility index (Phi) is 4.37. The normalized spacial score (nSPS) is 12.2. The fourth-order valence-corrected chi connectivity index (χ4v) is 1.45. The van der Waals surface area contributed by atoms with Crippen LogP contribution in [0.4, 0.5) is 0 Å². The van der Waals surface area contributed by atoms with Gasteiger partial charge in [0.05, 0.1) is 12.7 Å². The van der Waals surface area contributed by atoms with Crippen LogP contribution in [-0.2, 0) is 6.61 Å². The fourth-order valence-electron chi connectivity index (χ4n) is 1.45. The molecule has 0 spiro atoms. The van der Waals surface area contributed by atoms with Crippen molar-refractivity contribution in [3.63, 3.8) is 0 Å². The van der Waals surface area contributed by atoms with E-state index in [9.17, 15) is 5.11 Å². The maximum Gasteiger partial charge on any atom is 0.125 e. The minimum Gasteiger partial charge on any atom is -0.490 e. The van der Waals surface area contributed by atoms with E-state index >= 15 is 0 Å².